The molecule has 0 spiro atoms. The summed E-state index contributed by atoms with van der Waals surface area (Å²) in [5.41, 5.74) is 0.977. The fourth-order valence-electron chi connectivity index (χ4n) is 3.35. The minimum atomic E-state index is -3.70. The number of carbonyl (C=O) groups is 1. The van der Waals surface area contributed by atoms with Gasteiger partial charge in [0.25, 0.3) is 0 Å². The van der Waals surface area contributed by atoms with Gasteiger partial charge >= 0.3 is 12.0 Å². The van der Waals surface area contributed by atoms with Gasteiger partial charge in [-0.15, -0.1) is 0 Å². The molecule has 12 heteroatoms. The molecule has 1 atom stereocenters. The van der Waals surface area contributed by atoms with E-state index in [0.717, 1.165) is 23.6 Å². The summed E-state index contributed by atoms with van der Waals surface area (Å²) < 4.78 is 42.2. The molecule has 0 unspecified atom stereocenters. The number of thiazole rings is 1. The van der Waals surface area contributed by atoms with Gasteiger partial charge in [0.15, 0.2) is 5.13 Å². The van der Waals surface area contributed by atoms with E-state index in [1.807, 2.05) is 0 Å². The van der Waals surface area contributed by atoms with E-state index in [1.54, 1.807) is 6.08 Å². The number of nitrogens with one attached hydrogen (secondary N) is 1. The van der Waals surface area contributed by atoms with Crippen molar-refractivity contribution in [3.05, 3.63) is 58.6 Å². The fraction of sp³-hybridized carbons (Fsp3) is 0.286. The number of aliphatic hydroxyl groups is 2. The molecule has 2 amide bonds. The van der Waals surface area contributed by atoms with E-state index < -0.39 is 24.2 Å². The molecule has 7 nitrogen and oxygen atoms in total. The standard InChI is InChI=1S/C21H18ClF3N4O3S/c22-14-7-12(21(24,25)17(31)10-30)9-26-18(14)11-3-5-29(6-4-11)20(32)28-19-27-15-2-1-13(23)8-16(15)33-19/h1-3,7-9,17,30-31H,4-6,10H2,(H,27,28,32)/t17-/m0/s1. The minimum absolute atomic E-state index is 0.0248. The van der Waals surface area contributed by atoms with Crippen LogP contribution >= 0.6 is 22.9 Å². The van der Waals surface area contributed by atoms with Crippen LogP contribution in [0, 0.1) is 5.82 Å². The Hall–Kier alpha value is -2.73. The van der Waals surface area contributed by atoms with Crippen molar-refractivity contribution >= 4 is 49.9 Å². The molecule has 1 aliphatic rings. The summed E-state index contributed by atoms with van der Waals surface area (Å²) in [6, 6.07) is 4.82. The zero-order chi connectivity index (χ0) is 23.8. The van der Waals surface area contributed by atoms with Gasteiger partial charge in [0.1, 0.15) is 11.9 Å². The molecule has 0 fully saturated rings. The minimum Gasteiger partial charge on any atom is -0.393 e. The van der Waals surface area contributed by atoms with Crippen LogP contribution in [0.3, 0.4) is 0 Å². The lowest BCUT2D eigenvalue weighted by Gasteiger charge is -2.26. The second-order valence-corrected chi connectivity index (χ2v) is 8.80. The van der Waals surface area contributed by atoms with E-state index in [4.69, 9.17) is 16.7 Å². The van der Waals surface area contributed by atoms with Gasteiger partial charge in [-0.05, 0) is 36.3 Å². The number of aromatic nitrogens is 2. The number of anilines is 1. The van der Waals surface area contributed by atoms with Crippen molar-refractivity contribution in [1.82, 2.24) is 14.9 Å². The van der Waals surface area contributed by atoms with Crippen LogP contribution in [0.5, 0.6) is 0 Å². The van der Waals surface area contributed by atoms with Crippen molar-refractivity contribution in [2.75, 3.05) is 25.0 Å². The first kappa shape index (κ1) is 23.4. The van der Waals surface area contributed by atoms with Gasteiger partial charge in [-0.25, -0.2) is 14.2 Å². The number of benzene rings is 1. The summed E-state index contributed by atoms with van der Waals surface area (Å²) in [4.78, 5) is 22.4. The van der Waals surface area contributed by atoms with Crippen LogP contribution in [-0.2, 0) is 5.92 Å². The zero-order valence-corrected chi connectivity index (χ0v) is 18.5. The Bertz CT molecular complexity index is 1240. The zero-order valence-electron chi connectivity index (χ0n) is 16.9. The number of amides is 2. The molecule has 3 N–H and O–H groups in total. The van der Waals surface area contributed by atoms with E-state index in [0.29, 0.717) is 39.6 Å². The molecule has 2 aromatic heterocycles. The maximum absolute atomic E-state index is 14.1. The first-order valence-electron chi connectivity index (χ1n) is 9.83. The number of halogens is 4. The maximum atomic E-state index is 14.1. The lowest BCUT2D eigenvalue weighted by molar-refractivity contribution is -0.131. The smallest absolute Gasteiger partial charge is 0.323 e. The Morgan fingerprint density at radius 2 is 2.15 bits per heavy atom. The number of pyridine rings is 1. The molecule has 0 radical (unpaired) electrons. The van der Waals surface area contributed by atoms with Crippen LogP contribution in [0.1, 0.15) is 17.7 Å². The lowest BCUT2D eigenvalue weighted by atomic mass is 10.0. The molecule has 174 valence electrons. The van der Waals surface area contributed by atoms with Crippen LogP contribution in [0.2, 0.25) is 5.02 Å². The van der Waals surface area contributed by atoms with Gasteiger partial charge in [0.2, 0.25) is 0 Å². The third-order valence-corrected chi connectivity index (χ3v) is 6.40. The van der Waals surface area contributed by atoms with Gasteiger partial charge in [-0.1, -0.05) is 29.0 Å². The van der Waals surface area contributed by atoms with Crippen LogP contribution in [0.4, 0.5) is 23.1 Å². The molecule has 1 aromatic carbocycles. The van der Waals surface area contributed by atoms with Crippen molar-refractivity contribution in [3.8, 4) is 0 Å². The highest BCUT2D eigenvalue weighted by Gasteiger charge is 2.41. The second kappa shape index (κ2) is 9.26. The van der Waals surface area contributed by atoms with Crippen LogP contribution in [0.25, 0.3) is 15.8 Å². The van der Waals surface area contributed by atoms with E-state index in [9.17, 15) is 23.1 Å². The predicted octanol–water partition coefficient (Wildman–Crippen LogP) is 4.25. The SMILES string of the molecule is O=C(Nc1nc2ccc(F)cc2s1)N1CC=C(c2ncc(C(F)(F)[C@@H](O)CO)cc2Cl)CC1. The van der Waals surface area contributed by atoms with E-state index in [2.05, 4.69) is 15.3 Å². The third kappa shape index (κ3) is 4.81. The molecule has 1 aliphatic heterocycles. The highest BCUT2D eigenvalue weighted by Crippen LogP contribution is 2.35. The van der Waals surface area contributed by atoms with Crippen molar-refractivity contribution in [2.45, 2.75) is 18.4 Å². The summed E-state index contributed by atoms with van der Waals surface area (Å²) in [5, 5.41) is 21.2. The number of alkyl halides is 2. The summed E-state index contributed by atoms with van der Waals surface area (Å²) in [6.07, 6.45) is 0.762. The normalized spacial score (nSPS) is 15.5. The van der Waals surface area contributed by atoms with Gasteiger partial charge in [0.05, 0.1) is 27.5 Å². The van der Waals surface area contributed by atoms with Crippen molar-refractivity contribution in [3.63, 3.8) is 0 Å². The molecule has 0 bridgehead atoms. The molecule has 0 saturated carbocycles. The fourth-order valence-corrected chi connectivity index (χ4v) is 4.52. The summed E-state index contributed by atoms with van der Waals surface area (Å²) in [6.45, 7) is -0.542. The average molecular weight is 499 g/mol. The number of fused-ring (bicyclic) bond motifs is 1. The Kier molecular flexibility index (Phi) is 6.57. The highest BCUT2D eigenvalue weighted by molar-refractivity contribution is 7.22. The number of rotatable bonds is 5. The van der Waals surface area contributed by atoms with E-state index >= 15 is 0 Å². The maximum Gasteiger partial charge on any atom is 0.323 e. The Balaban J connectivity index is 1.44. The molecule has 0 aliphatic carbocycles. The summed E-state index contributed by atoms with van der Waals surface area (Å²) in [7, 11) is 0. The molecule has 3 heterocycles. The summed E-state index contributed by atoms with van der Waals surface area (Å²) in [5.74, 6) is -4.09. The molecule has 33 heavy (non-hydrogen) atoms. The predicted molar refractivity (Wildman–Crippen MR) is 119 cm³/mol. The number of carbonyl (C=O) groups excluding carboxylic acids is 1. The third-order valence-electron chi connectivity index (χ3n) is 5.18. The Labute approximate surface area is 195 Å². The second-order valence-electron chi connectivity index (χ2n) is 7.36. The quantitative estimate of drug-likeness (QED) is 0.488. The van der Waals surface area contributed by atoms with Crippen LogP contribution in [-0.4, -0.2) is 56.9 Å². The monoisotopic (exact) mass is 498 g/mol. The van der Waals surface area contributed by atoms with Gasteiger partial charge in [0, 0.05) is 24.8 Å². The Morgan fingerprint density at radius 3 is 2.82 bits per heavy atom. The molecule has 0 saturated heterocycles. The molecular weight excluding hydrogens is 481 g/mol. The van der Waals surface area contributed by atoms with Crippen molar-refractivity contribution < 1.29 is 28.2 Å². The molecular formula is C21H18ClF3N4O3S. The molecule has 4 rings (SSSR count). The van der Waals surface area contributed by atoms with Crippen molar-refractivity contribution in [2.24, 2.45) is 0 Å². The average Bonchev–Trinajstić information content (AvgIpc) is 3.19. The van der Waals surface area contributed by atoms with E-state index in [1.165, 1.54) is 23.1 Å². The lowest BCUT2D eigenvalue weighted by Crippen LogP contribution is -2.38. The largest absolute Gasteiger partial charge is 0.393 e. The first-order valence-corrected chi connectivity index (χ1v) is 11.0. The summed E-state index contributed by atoms with van der Waals surface area (Å²) >= 11 is 7.33. The van der Waals surface area contributed by atoms with Gasteiger partial charge in [-0.3, -0.25) is 10.3 Å². The Morgan fingerprint density at radius 1 is 1.36 bits per heavy atom. The topological polar surface area (TPSA) is 98.6 Å². The van der Waals surface area contributed by atoms with Crippen LogP contribution < -0.4 is 5.32 Å². The van der Waals surface area contributed by atoms with Crippen LogP contribution in [0.15, 0.2) is 36.5 Å². The van der Waals surface area contributed by atoms with Gasteiger partial charge < -0.3 is 15.1 Å². The number of hydrogen-bond acceptors (Lipinski definition) is 6. The van der Waals surface area contributed by atoms with Gasteiger partial charge in [-0.2, -0.15) is 8.78 Å². The number of hydrogen-bond donors (Lipinski definition) is 3. The van der Waals surface area contributed by atoms with Crippen molar-refractivity contribution in [1.29, 1.82) is 0 Å². The number of nitrogens with zero attached hydrogens (tertiary/aromatic N) is 3. The first-order chi connectivity index (χ1) is 15.7. The number of urea groups is 1. The van der Waals surface area contributed by atoms with E-state index in [-0.39, 0.29) is 23.4 Å². The number of aliphatic hydroxyl groups excluding tert-OH is 2. The highest BCUT2D eigenvalue weighted by atomic mass is 35.5. The molecule has 3 aromatic rings.